The van der Waals surface area contributed by atoms with E-state index in [1.54, 1.807) is 6.92 Å². The van der Waals surface area contributed by atoms with Crippen LogP contribution in [0.2, 0.25) is 0 Å². The number of Topliss-reactive ketones (excluding diaryl/α,β-unsaturated/α-hetero) is 1. The number of ketones is 1. The Hall–Kier alpha value is -0.180. The van der Waals surface area contributed by atoms with Gasteiger partial charge in [0.2, 0.25) is 0 Å². The maximum absolute atomic E-state index is 10.8. The van der Waals surface area contributed by atoms with E-state index in [9.17, 15) is 9.00 Å². The molecule has 0 spiro atoms. The summed E-state index contributed by atoms with van der Waals surface area (Å²) in [5.74, 6) is 2.19. The van der Waals surface area contributed by atoms with Crippen molar-refractivity contribution in [1.29, 1.82) is 0 Å². The number of rotatable bonds is 2. The number of hydrogen-bond donors (Lipinski definition) is 0. The molecule has 1 aliphatic heterocycles. The van der Waals surface area contributed by atoms with Crippen molar-refractivity contribution in [1.82, 2.24) is 0 Å². The number of carbonyl (C=O) groups is 1. The van der Waals surface area contributed by atoms with E-state index in [2.05, 4.69) is 0 Å². The normalized spacial score (nSPS) is 32.5. The average Bonchev–Trinajstić information content (AvgIpc) is 2.13. The lowest BCUT2D eigenvalue weighted by Gasteiger charge is -2.01. The van der Waals surface area contributed by atoms with Crippen LogP contribution >= 0.6 is 0 Å². The van der Waals surface area contributed by atoms with Crippen LogP contribution in [0.4, 0.5) is 0 Å². The Morgan fingerprint density at radius 3 is 2.80 bits per heavy atom. The van der Waals surface area contributed by atoms with Gasteiger partial charge >= 0.3 is 0 Å². The van der Waals surface area contributed by atoms with Crippen molar-refractivity contribution in [3.8, 4) is 0 Å². The van der Waals surface area contributed by atoms with Crippen LogP contribution in [0.3, 0.4) is 0 Å². The van der Waals surface area contributed by atoms with E-state index < -0.39 is 10.8 Å². The van der Waals surface area contributed by atoms with Gasteiger partial charge in [0.1, 0.15) is 5.78 Å². The molecule has 1 rings (SSSR count). The third-order valence-electron chi connectivity index (χ3n) is 1.75. The van der Waals surface area contributed by atoms with Gasteiger partial charge in [-0.1, -0.05) is 0 Å². The highest BCUT2D eigenvalue weighted by atomic mass is 32.2. The highest BCUT2D eigenvalue weighted by Gasteiger charge is 2.21. The first-order chi connectivity index (χ1) is 4.68. The molecule has 1 fully saturated rings. The molecule has 0 radical (unpaired) electrons. The molecule has 1 aliphatic rings. The van der Waals surface area contributed by atoms with E-state index in [1.165, 1.54) is 0 Å². The molecule has 0 aromatic rings. The van der Waals surface area contributed by atoms with Crippen molar-refractivity contribution in [2.75, 3.05) is 11.5 Å². The Kier molecular flexibility index (Phi) is 2.60. The first-order valence-corrected chi connectivity index (χ1v) is 5.01. The SMILES string of the molecule is CC(=O)CC1CCS(=O)C1. The van der Waals surface area contributed by atoms with E-state index >= 15 is 0 Å². The molecule has 0 N–H and O–H groups in total. The van der Waals surface area contributed by atoms with Crippen molar-refractivity contribution in [2.45, 2.75) is 19.8 Å². The Morgan fingerprint density at radius 1 is 1.70 bits per heavy atom. The second-order valence-electron chi connectivity index (χ2n) is 2.87. The zero-order valence-corrected chi connectivity index (χ0v) is 6.95. The summed E-state index contributed by atoms with van der Waals surface area (Å²) in [4.78, 5) is 10.6. The first kappa shape index (κ1) is 7.92. The van der Waals surface area contributed by atoms with Crippen LogP contribution in [0.5, 0.6) is 0 Å². The van der Waals surface area contributed by atoms with Crippen molar-refractivity contribution < 1.29 is 9.00 Å². The van der Waals surface area contributed by atoms with Gasteiger partial charge in [-0.25, -0.2) is 0 Å². The predicted octanol–water partition coefficient (Wildman–Crippen LogP) is 0.734. The quantitative estimate of drug-likeness (QED) is 0.597. The molecular weight excluding hydrogens is 148 g/mol. The van der Waals surface area contributed by atoms with Gasteiger partial charge in [-0.2, -0.15) is 0 Å². The van der Waals surface area contributed by atoms with Gasteiger partial charge in [-0.3, -0.25) is 4.21 Å². The summed E-state index contributed by atoms with van der Waals surface area (Å²) >= 11 is 0. The molecule has 0 aromatic carbocycles. The largest absolute Gasteiger partial charge is 0.300 e. The van der Waals surface area contributed by atoms with Gasteiger partial charge < -0.3 is 4.79 Å². The molecule has 10 heavy (non-hydrogen) atoms. The second-order valence-corrected chi connectivity index (χ2v) is 4.49. The number of carbonyl (C=O) groups excluding carboxylic acids is 1. The third kappa shape index (κ3) is 2.21. The smallest absolute Gasteiger partial charge is 0.130 e. The lowest BCUT2D eigenvalue weighted by atomic mass is 10.0. The lowest BCUT2D eigenvalue weighted by molar-refractivity contribution is -0.117. The molecule has 1 heterocycles. The van der Waals surface area contributed by atoms with Crippen molar-refractivity contribution in [3.05, 3.63) is 0 Å². The average molecular weight is 160 g/mol. The molecule has 0 aromatic heterocycles. The Labute approximate surface area is 63.5 Å². The van der Waals surface area contributed by atoms with E-state index in [1.807, 2.05) is 0 Å². The van der Waals surface area contributed by atoms with Crippen molar-refractivity contribution >= 4 is 16.6 Å². The van der Waals surface area contributed by atoms with Gasteiger partial charge in [0.05, 0.1) is 0 Å². The summed E-state index contributed by atoms with van der Waals surface area (Å²) in [7, 11) is -0.622. The summed E-state index contributed by atoms with van der Waals surface area (Å²) in [6, 6.07) is 0. The molecular formula is C7H12O2S. The van der Waals surface area contributed by atoms with E-state index in [-0.39, 0.29) is 5.78 Å². The lowest BCUT2D eigenvalue weighted by Crippen LogP contribution is -2.05. The molecule has 2 unspecified atom stereocenters. The van der Waals surface area contributed by atoms with E-state index in [0.717, 1.165) is 17.9 Å². The van der Waals surface area contributed by atoms with Crippen LogP contribution in [-0.2, 0) is 15.6 Å². The fourth-order valence-electron chi connectivity index (χ4n) is 1.30. The maximum atomic E-state index is 10.8. The van der Waals surface area contributed by atoms with Gasteiger partial charge in [-0.15, -0.1) is 0 Å². The third-order valence-corrected chi connectivity index (χ3v) is 3.29. The summed E-state index contributed by atoms with van der Waals surface area (Å²) in [5, 5.41) is 0. The molecule has 0 amide bonds. The summed E-state index contributed by atoms with van der Waals surface area (Å²) < 4.78 is 10.8. The fourth-order valence-corrected chi connectivity index (χ4v) is 2.87. The van der Waals surface area contributed by atoms with Gasteiger partial charge in [0.25, 0.3) is 0 Å². The highest BCUT2D eigenvalue weighted by molar-refractivity contribution is 7.85. The topological polar surface area (TPSA) is 34.1 Å². The van der Waals surface area contributed by atoms with Gasteiger partial charge in [-0.05, 0) is 19.3 Å². The molecule has 0 bridgehead atoms. The van der Waals surface area contributed by atoms with Gasteiger partial charge in [0.15, 0.2) is 0 Å². The Bertz CT molecular complexity index is 165. The summed E-state index contributed by atoms with van der Waals surface area (Å²) in [6.07, 6.45) is 1.61. The monoisotopic (exact) mass is 160 g/mol. The van der Waals surface area contributed by atoms with E-state index in [0.29, 0.717) is 12.3 Å². The van der Waals surface area contributed by atoms with E-state index in [4.69, 9.17) is 0 Å². The van der Waals surface area contributed by atoms with Crippen LogP contribution in [-0.4, -0.2) is 21.5 Å². The zero-order valence-electron chi connectivity index (χ0n) is 6.13. The second kappa shape index (κ2) is 3.28. The van der Waals surface area contributed by atoms with Crippen LogP contribution in [0.1, 0.15) is 19.8 Å². The highest BCUT2D eigenvalue weighted by Crippen LogP contribution is 2.18. The minimum Gasteiger partial charge on any atom is -0.300 e. The molecule has 0 saturated carbocycles. The van der Waals surface area contributed by atoms with Crippen molar-refractivity contribution in [3.63, 3.8) is 0 Å². The molecule has 1 saturated heterocycles. The minimum absolute atomic E-state index is 0.226. The summed E-state index contributed by atoms with van der Waals surface area (Å²) in [6.45, 7) is 1.60. The van der Waals surface area contributed by atoms with Crippen LogP contribution in [0.15, 0.2) is 0 Å². The zero-order chi connectivity index (χ0) is 7.56. The van der Waals surface area contributed by atoms with Crippen molar-refractivity contribution in [2.24, 2.45) is 5.92 Å². The van der Waals surface area contributed by atoms with Crippen LogP contribution < -0.4 is 0 Å². The predicted molar refractivity (Wildman–Crippen MR) is 41.3 cm³/mol. The maximum Gasteiger partial charge on any atom is 0.130 e. The summed E-state index contributed by atoms with van der Waals surface area (Å²) in [5.41, 5.74) is 0. The molecule has 3 heteroatoms. The standard InChI is InChI=1S/C7H12O2S/c1-6(8)4-7-2-3-10(9)5-7/h7H,2-5H2,1H3. The van der Waals surface area contributed by atoms with Crippen LogP contribution in [0, 0.1) is 5.92 Å². The number of hydrogen-bond acceptors (Lipinski definition) is 2. The molecule has 2 atom stereocenters. The van der Waals surface area contributed by atoms with Crippen LogP contribution in [0.25, 0.3) is 0 Å². The molecule has 2 nitrogen and oxygen atoms in total. The molecule has 58 valence electrons. The Morgan fingerprint density at radius 2 is 2.40 bits per heavy atom. The fraction of sp³-hybridized carbons (Fsp3) is 0.857. The first-order valence-electron chi connectivity index (χ1n) is 3.53. The molecule has 0 aliphatic carbocycles. The minimum atomic E-state index is -0.622. The Balaban J connectivity index is 2.31. The van der Waals surface area contributed by atoms with Gasteiger partial charge in [0, 0.05) is 28.7 Å².